The summed E-state index contributed by atoms with van der Waals surface area (Å²) in [6, 6.07) is 14.3. The second kappa shape index (κ2) is 9.21. The first-order chi connectivity index (χ1) is 13.2. The smallest absolute Gasteiger partial charge is 0.261 e. The maximum absolute atomic E-state index is 12.3. The molecule has 5 heteroatoms. The minimum Gasteiger partial charge on any atom is -0.494 e. The summed E-state index contributed by atoms with van der Waals surface area (Å²) in [5.41, 5.74) is 0.922. The highest BCUT2D eigenvalue weighted by atomic mass is 16.5. The number of hydrogen-bond donors (Lipinski definition) is 0. The summed E-state index contributed by atoms with van der Waals surface area (Å²) >= 11 is 0. The van der Waals surface area contributed by atoms with Crippen molar-refractivity contribution in [1.82, 2.24) is 4.90 Å². The van der Waals surface area contributed by atoms with Gasteiger partial charge in [-0.05, 0) is 42.8 Å². The number of benzene rings is 2. The van der Waals surface area contributed by atoms with Gasteiger partial charge in [0.05, 0.1) is 24.3 Å². The Bertz CT molecular complexity index is 750. The van der Waals surface area contributed by atoms with Crippen molar-refractivity contribution in [1.29, 1.82) is 0 Å². The Morgan fingerprint density at radius 2 is 1.30 bits per heavy atom. The van der Waals surface area contributed by atoms with Gasteiger partial charge in [-0.15, -0.1) is 0 Å². The zero-order chi connectivity index (χ0) is 19.1. The summed E-state index contributed by atoms with van der Waals surface area (Å²) in [7, 11) is 0. The van der Waals surface area contributed by atoms with Gasteiger partial charge in [0.2, 0.25) is 0 Å². The number of rotatable bonds is 10. The van der Waals surface area contributed by atoms with Crippen molar-refractivity contribution in [2.45, 2.75) is 32.6 Å². The molecule has 0 spiro atoms. The van der Waals surface area contributed by atoms with E-state index in [1.54, 1.807) is 24.3 Å². The molecule has 5 nitrogen and oxygen atoms in total. The van der Waals surface area contributed by atoms with Crippen molar-refractivity contribution in [2.24, 2.45) is 0 Å². The minimum absolute atomic E-state index is 0.224. The Balaban J connectivity index is 1.43. The molecule has 0 saturated carbocycles. The molecule has 0 N–H and O–H groups in total. The number of fused-ring (bicyclic) bond motifs is 1. The van der Waals surface area contributed by atoms with Crippen LogP contribution in [0.1, 0.15) is 53.3 Å². The zero-order valence-corrected chi connectivity index (χ0v) is 15.6. The van der Waals surface area contributed by atoms with E-state index in [4.69, 9.17) is 9.47 Å². The van der Waals surface area contributed by atoms with Crippen LogP contribution in [-0.2, 0) is 0 Å². The lowest BCUT2D eigenvalue weighted by Gasteiger charge is -2.14. The first kappa shape index (κ1) is 19.0. The fourth-order valence-corrected chi connectivity index (χ4v) is 3.05. The molecule has 0 aliphatic carbocycles. The van der Waals surface area contributed by atoms with Gasteiger partial charge in [0.1, 0.15) is 18.1 Å². The van der Waals surface area contributed by atoms with Crippen LogP contribution < -0.4 is 9.47 Å². The fraction of sp³-hybridized carbons (Fsp3) is 0.364. The number of imide groups is 1. The monoisotopic (exact) mass is 367 g/mol. The van der Waals surface area contributed by atoms with Gasteiger partial charge in [0.25, 0.3) is 11.8 Å². The SMILES string of the molecule is CCCCCCOc1ccc(OCCN2C(=O)c3ccccc3C2=O)cc1. The quantitative estimate of drug-likeness (QED) is 0.463. The van der Waals surface area contributed by atoms with E-state index in [0.717, 1.165) is 18.8 Å². The largest absolute Gasteiger partial charge is 0.494 e. The van der Waals surface area contributed by atoms with Gasteiger partial charge in [-0.3, -0.25) is 14.5 Å². The van der Waals surface area contributed by atoms with Gasteiger partial charge >= 0.3 is 0 Å². The topological polar surface area (TPSA) is 55.8 Å². The molecule has 0 bridgehead atoms. The highest BCUT2D eigenvalue weighted by molar-refractivity contribution is 6.21. The Morgan fingerprint density at radius 1 is 0.741 bits per heavy atom. The highest BCUT2D eigenvalue weighted by Crippen LogP contribution is 2.22. The first-order valence-corrected chi connectivity index (χ1v) is 9.51. The van der Waals surface area contributed by atoms with Crippen LogP contribution in [0.3, 0.4) is 0 Å². The Morgan fingerprint density at radius 3 is 1.85 bits per heavy atom. The summed E-state index contributed by atoms with van der Waals surface area (Å²) in [6.07, 6.45) is 4.71. The number of amides is 2. The number of hydrogen-bond acceptors (Lipinski definition) is 4. The third-order valence-corrected chi connectivity index (χ3v) is 4.55. The van der Waals surface area contributed by atoms with E-state index in [1.807, 2.05) is 24.3 Å². The van der Waals surface area contributed by atoms with E-state index in [2.05, 4.69) is 6.92 Å². The molecule has 0 saturated heterocycles. The van der Waals surface area contributed by atoms with E-state index >= 15 is 0 Å². The van der Waals surface area contributed by atoms with Gasteiger partial charge in [-0.1, -0.05) is 38.3 Å². The number of unbranched alkanes of at least 4 members (excludes halogenated alkanes) is 3. The van der Waals surface area contributed by atoms with Crippen LogP contribution in [-0.4, -0.2) is 36.5 Å². The Labute approximate surface area is 159 Å². The molecular formula is C22H25NO4. The fourth-order valence-electron chi connectivity index (χ4n) is 3.05. The molecular weight excluding hydrogens is 342 g/mol. The van der Waals surface area contributed by atoms with Crippen LogP contribution in [0, 0.1) is 0 Å². The molecule has 142 valence electrons. The average molecular weight is 367 g/mol. The summed E-state index contributed by atoms with van der Waals surface area (Å²) in [5.74, 6) is 0.987. The molecule has 1 aliphatic rings. The second-order valence-electron chi connectivity index (χ2n) is 6.54. The van der Waals surface area contributed by atoms with Gasteiger partial charge in [-0.2, -0.15) is 0 Å². The number of carbonyl (C=O) groups is 2. The summed E-state index contributed by atoms with van der Waals surface area (Å²) in [6.45, 7) is 3.39. The maximum atomic E-state index is 12.3. The van der Waals surface area contributed by atoms with E-state index < -0.39 is 0 Å². The van der Waals surface area contributed by atoms with Gasteiger partial charge in [0, 0.05) is 0 Å². The van der Waals surface area contributed by atoms with Crippen LogP contribution in [0.4, 0.5) is 0 Å². The third kappa shape index (κ3) is 4.67. The van der Waals surface area contributed by atoms with Crippen LogP contribution >= 0.6 is 0 Å². The van der Waals surface area contributed by atoms with Crippen molar-refractivity contribution in [3.05, 3.63) is 59.7 Å². The van der Waals surface area contributed by atoms with Crippen LogP contribution in [0.15, 0.2) is 48.5 Å². The molecule has 0 unspecified atom stereocenters. The molecule has 3 rings (SSSR count). The van der Waals surface area contributed by atoms with Crippen molar-refractivity contribution >= 4 is 11.8 Å². The van der Waals surface area contributed by atoms with Crippen molar-refractivity contribution < 1.29 is 19.1 Å². The normalized spacial score (nSPS) is 13.0. The van der Waals surface area contributed by atoms with Gasteiger partial charge in [-0.25, -0.2) is 0 Å². The van der Waals surface area contributed by atoms with Crippen LogP contribution in [0.2, 0.25) is 0 Å². The lowest BCUT2D eigenvalue weighted by molar-refractivity contribution is 0.0631. The molecule has 0 radical (unpaired) electrons. The van der Waals surface area contributed by atoms with E-state index in [-0.39, 0.29) is 25.0 Å². The predicted molar refractivity (Wildman–Crippen MR) is 103 cm³/mol. The Hall–Kier alpha value is -2.82. The second-order valence-corrected chi connectivity index (χ2v) is 6.54. The van der Waals surface area contributed by atoms with Crippen LogP contribution in [0.25, 0.3) is 0 Å². The summed E-state index contributed by atoms with van der Waals surface area (Å²) < 4.78 is 11.4. The molecule has 2 aromatic rings. The number of nitrogens with zero attached hydrogens (tertiary/aromatic N) is 1. The van der Waals surface area contributed by atoms with Crippen molar-refractivity contribution in [3.8, 4) is 11.5 Å². The molecule has 0 atom stereocenters. The molecule has 2 amide bonds. The van der Waals surface area contributed by atoms with E-state index in [9.17, 15) is 9.59 Å². The maximum Gasteiger partial charge on any atom is 0.261 e. The minimum atomic E-state index is -0.258. The third-order valence-electron chi connectivity index (χ3n) is 4.55. The molecule has 0 fully saturated rings. The lowest BCUT2D eigenvalue weighted by Crippen LogP contribution is -2.33. The van der Waals surface area contributed by atoms with Crippen molar-refractivity contribution in [3.63, 3.8) is 0 Å². The van der Waals surface area contributed by atoms with E-state index in [0.29, 0.717) is 16.9 Å². The lowest BCUT2D eigenvalue weighted by atomic mass is 10.1. The molecule has 27 heavy (non-hydrogen) atoms. The average Bonchev–Trinajstić information content (AvgIpc) is 2.94. The van der Waals surface area contributed by atoms with E-state index in [1.165, 1.54) is 24.2 Å². The van der Waals surface area contributed by atoms with Gasteiger partial charge in [0.15, 0.2) is 0 Å². The van der Waals surface area contributed by atoms with Crippen molar-refractivity contribution in [2.75, 3.05) is 19.8 Å². The molecule has 0 aromatic heterocycles. The first-order valence-electron chi connectivity index (χ1n) is 9.51. The number of ether oxygens (including phenoxy) is 2. The predicted octanol–water partition coefficient (Wildman–Crippen LogP) is 4.32. The highest BCUT2D eigenvalue weighted by Gasteiger charge is 2.34. The molecule has 1 aliphatic heterocycles. The Kier molecular flexibility index (Phi) is 6.47. The van der Waals surface area contributed by atoms with Gasteiger partial charge < -0.3 is 9.47 Å². The zero-order valence-electron chi connectivity index (χ0n) is 15.6. The molecule has 2 aromatic carbocycles. The van der Waals surface area contributed by atoms with Crippen LogP contribution in [0.5, 0.6) is 11.5 Å². The standard InChI is InChI=1S/C22H25NO4/c1-2-3-4-7-15-26-17-10-12-18(13-11-17)27-16-14-23-21(24)19-8-5-6-9-20(19)22(23)25/h5-6,8-13H,2-4,7,14-16H2,1H3. The number of carbonyl (C=O) groups excluding carboxylic acids is 2. The molecule has 1 heterocycles. The summed E-state index contributed by atoms with van der Waals surface area (Å²) in [4.78, 5) is 25.8. The summed E-state index contributed by atoms with van der Waals surface area (Å²) in [5, 5.41) is 0.